The Morgan fingerprint density at radius 2 is 1.47 bits per heavy atom. The first-order valence-corrected chi connectivity index (χ1v) is 13.5. The lowest BCUT2D eigenvalue weighted by Crippen LogP contribution is -2.22. The van der Waals surface area contributed by atoms with Crippen molar-refractivity contribution in [3.8, 4) is 17.2 Å². The third-order valence-corrected chi connectivity index (χ3v) is 5.88. The number of nitrogens with two attached hydrogens (primary N) is 2. The van der Waals surface area contributed by atoms with Gasteiger partial charge in [0.15, 0.2) is 11.5 Å². The number of carbonyl (C=O) groups excluding carboxylic acids is 2. The van der Waals surface area contributed by atoms with Crippen molar-refractivity contribution in [1.29, 1.82) is 0 Å². The predicted octanol–water partition coefficient (Wildman–Crippen LogP) is 6.51. The highest BCUT2D eigenvalue weighted by Crippen LogP contribution is 2.37. The van der Waals surface area contributed by atoms with Gasteiger partial charge in [-0.15, -0.1) is 0 Å². The molecule has 0 saturated carbocycles. The SMILES string of the molecule is COc1cc(C(F)(F)Oc2ccc(C=CC(=O)OCCCOC(=O)c3cc(N)cc(N)c3)cc2)ccc1OCCCC(F)(F)F. The number of benzene rings is 3. The summed E-state index contributed by atoms with van der Waals surface area (Å²) in [7, 11) is 1.21. The first kappa shape index (κ1) is 34.5. The van der Waals surface area contributed by atoms with E-state index in [4.69, 9.17) is 35.2 Å². The van der Waals surface area contributed by atoms with E-state index in [0.717, 1.165) is 24.3 Å². The van der Waals surface area contributed by atoms with Gasteiger partial charge in [-0.25, -0.2) is 9.59 Å². The maximum Gasteiger partial charge on any atom is 0.426 e. The number of ether oxygens (including phenoxy) is 5. The number of halogens is 5. The van der Waals surface area contributed by atoms with E-state index in [1.54, 1.807) is 0 Å². The normalized spacial score (nSPS) is 11.7. The smallest absolute Gasteiger partial charge is 0.426 e. The van der Waals surface area contributed by atoms with Crippen molar-refractivity contribution in [1.82, 2.24) is 0 Å². The molecule has 3 aromatic rings. The van der Waals surface area contributed by atoms with E-state index in [1.807, 2.05) is 0 Å². The summed E-state index contributed by atoms with van der Waals surface area (Å²) in [5.74, 6) is -1.55. The van der Waals surface area contributed by atoms with Gasteiger partial charge in [-0.05, 0) is 66.6 Å². The molecule has 3 rings (SSSR count). The number of alkyl halides is 5. The Hall–Kier alpha value is -5.01. The van der Waals surface area contributed by atoms with Crippen LogP contribution in [0, 0.1) is 0 Å². The fourth-order valence-electron chi connectivity index (χ4n) is 3.76. The van der Waals surface area contributed by atoms with E-state index < -0.39 is 36.2 Å². The average Bonchev–Trinajstić information content (AvgIpc) is 2.97. The molecule has 9 nitrogen and oxygen atoms in total. The molecule has 3 aromatic carbocycles. The fourth-order valence-corrected chi connectivity index (χ4v) is 3.76. The quantitative estimate of drug-likeness (QED) is 0.0628. The molecule has 0 aromatic heterocycles. The molecule has 4 N–H and O–H groups in total. The molecular formula is C31H31F5N2O7. The third kappa shape index (κ3) is 11.5. The molecule has 0 heterocycles. The average molecular weight is 639 g/mol. The highest BCUT2D eigenvalue weighted by molar-refractivity contribution is 5.91. The molecule has 0 atom stereocenters. The molecule has 0 aliphatic carbocycles. The molecule has 0 unspecified atom stereocenters. The molecule has 0 aliphatic heterocycles. The maximum atomic E-state index is 14.9. The second-order valence-electron chi connectivity index (χ2n) is 9.50. The molecule has 45 heavy (non-hydrogen) atoms. The van der Waals surface area contributed by atoms with E-state index in [-0.39, 0.29) is 55.5 Å². The Balaban J connectivity index is 1.44. The molecule has 0 radical (unpaired) electrons. The van der Waals surface area contributed by atoms with Gasteiger partial charge in [0.25, 0.3) is 0 Å². The minimum Gasteiger partial charge on any atom is -0.493 e. The van der Waals surface area contributed by atoms with Gasteiger partial charge < -0.3 is 35.2 Å². The maximum absolute atomic E-state index is 14.9. The molecule has 14 heteroatoms. The van der Waals surface area contributed by atoms with Crippen LogP contribution in [0.2, 0.25) is 0 Å². The molecule has 0 saturated heterocycles. The van der Waals surface area contributed by atoms with Crippen LogP contribution in [0.1, 0.15) is 40.7 Å². The summed E-state index contributed by atoms with van der Waals surface area (Å²) in [5, 5.41) is 0. The van der Waals surface area contributed by atoms with E-state index >= 15 is 0 Å². The van der Waals surface area contributed by atoms with Crippen molar-refractivity contribution in [2.45, 2.75) is 31.5 Å². The molecule has 242 valence electrons. The number of methoxy groups -OCH3 is 1. The van der Waals surface area contributed by atoms with Crippen LogP contribution in [0.3, 0.4) is 0 Å². The molecular weight excluding hydrogens is 607 g/mol. The zero-order chi connectivity index (χ0) is 33.0. The van der Waals surface area contributed by atoms with Gasteiger partial charge in [-0.3, -0.25) is 0 Å². The van der Waals surface area contributed by atoms with Gasteiger partial charge in [-0.1, -0.05) is 12.1 Å². The van der Waals surface area contributed by atoms with Gasteiger partial charge >= 0.3 is 24.2 Å². The van der Waals surface area contributed by atoms with E-state index in [0.29, 0.717) is 16.9 Å². The number of esters is 2. The Morgan fingerprint density at radius 1 is 0.800 bits per heavy atom. The van der Waals surface area contributed by atoms with Crippen LogP contribution in [-0.2, 0) is 20.4 Å². The number of nitrogen functional groups attached to an aromatic ring is 2. The Bertz CT molecular complexity index is 1460. The van der Waals surface area contributed by atoms with Gasteiger partial charge in [0, 0.05) is 30.3 Å². The van der Waals surface area contributed by atoms with E-state index in [2.05, 4.69) is 0 Å². The predicted molar refractivity (Wildman–Crippen MR) is 155 cm³/mol. The van der Waals surface area contributed by atoms with E-state index in [9.17, 15) is 31.5 Å². The highest BCUT2D eigenvalue weighted by Gasteiger charge is 2.35. The van der Waals surface area contributed by atoms with Crippen molar-refractivity contribution in [2.24, 2.45) is 0 Å². The lowest BCUT2D eigenvalue weighted by molar-refractivity contribution is -0.185. The van der Waals surface area contributed by atoms with Gasteiger partial charge in [0.2, 0.25) is 0 Å². The van der Waals surface area contributed by atoms with Crippen molar-refractivity contribution < 1.29 is 55.2 Å². The molecule has 0 spiro atoms. The van der Waals surface area contributed by atoms with Crippen LogP contribution in [0.25, 0.3) is 6.08 Å². The summed E-state index contributed by atoms with van der Waals surface area (Å²) in [6.07, 6.45) is -6.66. The number of rotatable bonds is 15. The number of hydrogen-bond acceptors (Lipinski definition) is 9. The van der Waals surface area contributed by atoms with Gasteiger partial charge in [-0.2, -0.15) is 22.0 Å². The van der Waals surface area contributed by atoms with Gasteiger partial charge in [0.1, 0.15) is 5.75 Å². The van der Waals surface area contributed by atoms with Crippen LogP contribution in [-0.4, -0.2) is 45.0 Å². The monoisotopic (exact) mass is 638 g/mol. The van der Waals surface area contributed by atoms with Gasteiger partial charge in [0.05, 0.1) is 38.1 Å². The Labute approximate surface area is 255 Å². The standard InChI is InChI=1S/C31H31F5N2O7/c1-41-27-18-22(7-10-26(27)42-13-2-12-30(32,33)34)31(35,36)45-25-8-4-20(5-9-25)6-11-28(39)43-14-3-15-44-29(40)21-16-23(37)19-24(38)17-21/h4-11,16-19H,2-3,12-15,37-38H2,1H3. The fraction of sp³-hybridized carbons (Fsp3) is 0.290. The lowest BCUT2D eigenvalue weighted by Gasteiger charge is -2.20. The zero-order valence-corrected chi connectivity index (χ0v) is 24.1. The Morgan fingerprint density at radius 3 is 2.11 bits per heavy atom. The van der Waals surface area contributed by atoms with Crippen LogP contribution in [0.5, 0.6) is 17.2 Å². The zero-order valence-electron chi connectivity index (χ0n) is 24.1. The molecule has 0 fully saturated rings. The van der Waals surface area contributed by atoms with E-state index in [1.165, 1.54) is 55.7 Å². The Kier molecular flexibility index (Phi) is 12.0. The minimum absolute atomic E-state index is 0.00725. The first-order chi connectivity index (χ1) is 21.3. The first-order valence-electron chi connectivity index (χ1n) is 13.5. The topological polar surface area (TPSA) is 132 Å². The van der Waals surface area contributed by atoms with Crippen molar-refractivity contribution in [3.05, 3.63) is 83.4 Å². The summed E-state index contributed by atoms with van der Waals surface area (Å²) in [6.45, 7) is -0.305. The third-order valence-electron chi connectivity index (χ3n) is 5.88. The van der Waals surface area contributed by atoms with Crippen molar-refractivity contribution in [2.75, 3.05) is 38.4 Å². The number of anilines is 2. The van der Waals surface area contributed by atoms with Crippen LogP contribution in [0.4, 0.5) is 33.3 Å². The summed E-state index contributed by atoms with van der Waals surface area (Å²) in [4.78, 5) is 24.0. The van der Waals surface area contributed by atoms with Crippen molar-refractivity contribution >= 4 is 29.4 Å². The second kappa shape index (κ2) is 15.6. The summed E-state index contributed by atoms with van der Waals surface area (Å²) in [5.41, 5.74) is 12.1. The lowest BCUT2D eigenvalue weighted by atomic mass is 10.1. The summed E-state index contributed by atoms with van der Waals surface area (Å²) >= 11 is 0. The summed E-state index contributed by atoms with van der Waals surface area (Å²) < 4.78 is 91.9. The molecule has 0 aliphatic rings. The molecule has 0 amide bonds. The van der Waals surface area contributed by atoms with Crippen LogP contribution in [0.15, 0.2) is 66.7 Å². The van der Waals surface area contributed by atoms with Crippen molar-refractivity contribution in [3.63, 3.8) is 0 Å². The highest BCUT2D eigenvalue weighted by atomic mass is 19.4. The molecule has 0 bridgehead atoms. The van der Waals surface area contributed by atoms with Crippen LogP contribution < -0.4 is 25.7 Å². The number of carbonyl (C=O) groups is 2. The number of hydrogen-bond donors (Lipinski definition) is 2. The largest absolute Gasteiger partial charge is 0.493 e. The minimum atomic E-state index is -4.33. The second-order valence-corrected chi connectivity index (χ2v) is 9.50. The van der Waals surface area contributed by atoms with Crippen LogP contribution >= 0.6 is 0 Å². The summed E-state index contributed by atoms with van der Waals surface area (Å²) in [6, 6.07) is 12.9.